The summed E-state index contributed by atoms with van der Waals surface area (Å²) in [5.41, 5.74) is 4.11. The van der Waals surface area contributed by atoms with E-state index in [2.05, 4.69) is 36.3 Å². The number of methoxy groups -OCH3 is 1. The van der Waals surface area contributed by atoms with Crippen LogP contribution in [0.2, 0.25) is 0 Å². The third-order valence-electron chi connectivity index (χ3n) is 3.68. The zero-order valence-corrected chi connectivity index (χ0v) is 11.2. The van der Waals surface area contributed by atoms with Crippen molar-refractivity contribution in [3.63, 3.8) is 0 Å². The summed E-state index contributed by atoms with van der Waals surface area (Å²) in [5.74, 6) is 0.974. The molecule has 1 aromatic rings. The first-order valence-electron chi connectivity index (χ1n) is 6.22. The van der Waals surface area contributed by atoms with Gasteiger partial charge in [0, 0.05) is 25.3 Å². The highest BCUT2D eigenvalue weighted by Crippen LogP contribution is 2.35. The largest absolute Gasteiger partial charge is 0.497 e. The molecule has 3 heteroatoms. The maximum absolute atomic E-state index is 5.34. The number of anilines is 1. The fourth-order valence-corrected chi connectivity index (χ4v) is 2.80. The minimum atomic E-state index is 0.597. The van der Waals surface area contributed by atoms with E-state index in [4.69, 9.17) is 4.74 Å². The van der Waals surface area contributed by atoms with Crippen LogP contribution in [-0.4, -0.2) is 33.8 Å². The number of aryl methyl sites for hydroxylation is 2. The van der Waals surface area contributed by atoms with Gasteiger partial charge in [0.2, 0.25) is 0 Å². The number of ether oxygens (including phenoxy) is 1. The van der Waals surface area contributed by atoms with Crippen LogP contribution in [0.4, 0.5) is 5.69 Å². The molecule has 0 amide bonds. The summed E-state index contributed by atoms with van der Waals surface area (Å²) in [5, 5.41) is 3.27. The molecule has 0 saturated carbocycles. The van der Waals surface area contributed by atoms with Gasteiger partial charge in [-0.3, -0.25) is 0 Å². The molecule has 1 heterocycles. The van der Waals surface area contributed by atoms with E-state index in [-0.39, 0.29) is 0 Å². The summed E-state index contributed by atoms with van der Waals surface area (Å²) in [6, 6.07) is 4.89. The van der Waals surface area contributed by atoms with Crippen molar-refractivity contribution in [3.05, 3.63) is 23.3 Å². The van der Waals surface area contributed by atoms with Crippen molar-refractivity contribution in [1.29, 1.82) is 0 Å². The minimum absolute atomic E-state index is 0.597. The van der Waals surface area contributed by atoms with Crippen LogP contribution in [-0.2, 0) is 6.42 Å². The van der Waals surface area contributed by atoms with Crippen molar-refractivity contribution in [2.75, 3.05) is 32.6 Å². The molecule has 17 heavy (non-hydrogen) atoms. The lowest BCUT2D eigenvalue weighted by Crippen LogP contribution is -2.42. The van der Waals surface area contributed by atoms with Crippen LogP contribution in [0, 0.1) is 6.92 Å². The second kappa shape index (κ2) is 4.96. The van der Waals surface area contributed by atoms with E-state index in [0.29, 0.717) is 6.04 Å². The van der Waals surface area contributed by atoms with Crippen LogP contribution in [0.15, 0.2) is 12.1 Å². The smallest absolute Gasteiger partial charge is 0.119 e. The van der Waals surface area contributed by atoms with Gasteiger partial charge in [0.1, 0.15) is 5.75 Å². The van der Waals surface area contributed by atoms with Crippen molar-refractivity contribution in [1.82, 2.24) is 5.32 Å². The molecule has 0 aliphatic carbocycles. The third-order valence-corrected chi connectivity index (χ3v) is 3.68. The van der Waals surface area contributed by atoms with Gasteiger partial charge in [-0.1, -0.05) is 0 Å². The molecule has 1 unspecified atom stereocenters. The Balaban J connectivity index is 2.35. The molecule has 1 aromatic carbocycles. The topological polar surface area (TPSA) is 24.5 Å². The molecule has 0 spiro atoms. The van der Waals surface area contributed by atoms with E-state index in [1.165, 1.54) is 23.2 Å². The highest BCUT2D eigenvalue weighted by atomic mass is 16.5. The summed E-state index contributed by atoms with van der Waals surface area (Å²) in [6.07, 6.45) is 2.35. The number of likely N-dealkylation sites (N-methyl/N-ethyl adjacent to an activating group) is 2. The molecule has 2 rings (SSSR count). The molecule has 3 nitrogen and oxygen atoms in total. The van der Waals surface area contributed by atoms with Crippen molar-refractivity contribution in [2.24, 2.45) is 0 Å². The van der Waals surface area contributed by atoms with Crippen molar-refractivity contribution >= 4 is 5.69 Å². The molecule has 0 bridgehead atoms. The number of nitrogens with one attached hydrogen (secondary N) is 1. The lowest BCUT2D eigenvalue weighted by atomic mass is 9.93. The Hall–Kier alpha value is -1.22. The van der Waals surface area contributed by atoms with Gasteiger partial charge >= 0.3 is 0 Å². The van der Waals surface area contributed by atoms with E-state index in [0.717, 1.165) is 18.7 Å². The van der Waals surface area contributed by atoms with E-state index < -0.39 is 0 Å². The number of hydrogen-bond donors (Lipinski definition) is 1. The summed E-state index contributed by atoms with van der Waals surface area (Å²) in [4.78, 5) is 2.41. The summed E-state index contributed by atoms with van der Waals surface area (Å²) in [7, 11) is 5.95. The number of rotatable bonds is 3. The van der Waals surface area contributed by atoms with Gasteiger partial charge in [-0.05, 0) is 50.1 Å². The Labute approximate surface area is 104 Å². The normalized spacial score (nSPS) is 19.1. The Morgan fingerprint density at radius 3 is 2.88 bits per heavy atom. The highest BCUT2D eigenvalue weighted by molar-refractivity contribution is 5.63. The monoisotopic (exact) mass is 234 g/mol. The first-order valence-corrected chi connectivity index (χ1v) is 6.22. The number of benzene rings is 1. The third kappa shape index (κ3) is 2.25. The zero-order valence-electron chi connectivity index (χ0n) is 11.2. The quantitative estimate of drug-likeness (QED) is 0.865. The standard InChI is InChI=1S/C14H22N2O/c1-10-7-13(17-4)8-11-5-6-12(9-15-2)16(3)14(10)11/h7-8,12,15H,5-6,9H2,1-4H3. The van der Waals surface area contributed by atoms with Crippen molar-refractivity contribution in [3.8, 4) is 5.75 Å². The van der Waals surface area contributed by atoms with Gasteiger partial charge < -0.3 is 15.0 Å². The molecule has 0 radical (unpaired) electrons. The number of nitrogens with zero attached hydrogens (tertiary/aromatic N) is 1. The summed E-state index contributed by atoms with van der Waals surface area (Å²) < 4.78 is 5.34. The number of fused-ring (bicyclic) bond motifs is 1. The van der Waals surface area contributed by atoms with Crippen LogP contribution in [0.25, 0.3) is 0 Å². The fraction of sp³-hybridized carbons (Fsp3) is 0.571. The van der Waals surface area contributed by atoms with Crippen LogP contribution in [0.3, 0.4) is 0 Å². The molecule has 1 atom stereocenters. The van der Waals surface area contributed by atoms with E-state index in [9.17, 15) is 0 Å². The summed E-state index contributed by atoms with van der Waals surface area (Å²) in [6.45, 7) is 3.21. The van der Waals surface area contributed by atoms with Crippen LogP contribution in [0.5, 0.6) is 5.75 Å². The van der Waals surface area contributed by atoms with Crippen molar-refractivity contribution < 1.29 is 4.74 Å². The van der Waals surface area contributed by atoms with Crippen LogP contribution >= 0.6 is 0 Å². The second-order valence-corrected chi connectivity index (χ2v) is 4.81. The van der Waals surface area contributed by atoms with Gasteiger partial charge in [-0.2, -0.15) is 0 Å². The lowest BCUT2D eigenvalue weighted by molar-refractivity contribution is 0.413. The van der Waals surface area contributed by atoms with E-state index in [1.54, 1.807) is 7.11 Å². The van der Waals surface area contributed by atoms with Gasteiger partial charge in [-0.25, -0.2) is 0 Å². The Kier molecular flexibility index (Phi) is 3.57. The Bertz CT molecular complexity index is 403. The predicted octanol–water partition coefficient (Wildman–Crippen LogP) is 1.97. The lowest BCUT2D eigenvalue weighted by Gasteiger charge is -2.37. The SMILES string of the molecule is CNCC1CCc2cc(OC)cc(C)c2N1C. The van der Waals surface area contributed by atoms with Gasteiger partial charge in [0.05, 0.1) is 7.11 Å². The average molecular weight is 234 g/mol. The summed E-state index contributed by atoms with van der Waals surface area (Å²) >= 11 is 0. The molecule has 94 valence electrons. The van der Waals surface area contributed by atoms with Crippen molar-refractivity contribution in [2.45, 2.75) is 25.8 Å². The van der Waals surface area contributed by atoms with Crippen LogP contribution < -0.4 is 15.0 Å². The average Bonchev–Trinajstić information content (AvgIpc) is 2.32. The fourth-order valence-electron chi connectivity index (χ4n) is 2.80. The maximum atomic E-state index is 5.34. The molecule has 0 saturated heterocycles. The number of hydrogen-bond acceptors (Lipinski definition) is 3. The van der Waals surface area contributed by atoms with E-state index in [1.807, 2.05) is 7.05 Å². The molecule has 0 fully saturated rings. The van der Waals surface area contributed by atoms with E-state index >= 15 is 0 Å². The molecular weight excluding hydrogens is 212 g/mol. The Morgan fingerprint density at radius 1 is 1.47 bits per heavy atom. The first-order chi connectivity index (χ1) is 8.17. The molecule has 1 aliphatic rings. The molecular formula is C14H22N2O. The van der Waals surface area contributed by atoms with Crippen LogP contribution in [0.1, 0.15) is 17.5 Å². The molecule has 1 N–H and O–H groups in total. The molecule has 0 aromatic heterocycles. The Morgan fingerprint density at radius 2 is 2.24 bits per heavy atom. The maximum Gasteiger partial charge on any atom is 0.119 e. The zero-order chi connectivity index (χ0) is 12.4. The first kappa shape index (κ1) is 12.2. The highest BCUT2D eigenvalue weighted by Gasteiger charge is 2.24. The predicted molar refractivity (Wildman–Crippen MR) is 72.2 cm³/mol. The van der Waals surface area contributed by atoms with Gasteiger partial charge in [0.15, 0.2) is 0 Å². The van der Waals surface area contributed by atoms with Gasteiger partial charge in [-0.15, -0.1) is 0 Å². The van der Waals surface area contributed by atoms with Gasteiger partial charge in [0.25, 0.3) is 0 Å². The molecule has 1 aliphatic heterocycles. The minimum Gasteiger partial charge on any atom is -0.497 e. The second-order valence-electron chi connectivity index (χ2n) is 4.81.